The normalized spacial score (nSPS) is 16.9. The highest BCUT2D eigenvalue weighted by Gasteiger charge is 2.26. The number of benzene rings is 3. The predicted molar refractivity (Wildman–Crippen MR) is 163 cm³/mol. The number of fused-ring (bicyclic) bond motifs is 1. The molecule has 2 aliphatic heterocycles. The molecule has 6 rings (SSSR count). The summed E-state index contributed by atoms with van der Waals surface area (Å²) in [5.41, 5.74) is 11.8. The van der Waals surface area contributed by atoms with Gasteiger partial charge in [0.2, 0.25) is 0 Å². The lowest BCUT2D eigenvalue weighted by Gasteiger charge is -2.31. The molecule has 3 aromatic carbocycles. The number of nitrogens with one attached hydrogen (secondary N) is 3. The molecular formula is C32H34FN7O2. The van der Waals surface area contributed by atoms with Crippen molar-refractivity contribution < 1.29 is 14.3 Å². The van der Waals surface area contributed by atoms with Crippen LogP contribution in [0.4, 0.5) is 27.3 Å². The lowest BCUT2D eigenvalue weighted by atomic mass is 9.97. The van der Waals surface area contributed by atoms with Crippen molar-refractivity contribution in [1.29, 1.82) is 0 Å². The van der Waals surface area contributed by atoms with Crippen molar-refractivity contribution in [3.63, 3.8) is 0 Å². The summed E-state index contributed by atoms with van der Waals surface area (Å²) in [4.78, 5) is 24.4. The van der Waals surface area contributed by atoms with Crippen molar-refractivity contribution >= 4 is 28.8 Å². The molecule has 2 aliphatic rings. The van der Waals surface area contributed by atoms with Crippen LogP contribution in [0.5, 0.6) is 0 Å². The maximum atomic E-state index is 14.0. The number of piperidine rings is 1. The van der Waals surface area contributed by atoms with Gasteiger partial charge in [-0.1, -0.05) is 30.3 Å². The molecule has 0 spiro atoms. The average molecular weight is 568 g/mol. The minimum Gasteiger partial charge on any atom is -0.396 e. The van der Waals surface area contributed by atoms with E-state index in [0.717, 1.165) is 61.5 Å². The van der Waals surface area contributed by atoms with Crippen LogP contribution < -0.4 is 21.7 Å². The summed E-state index contributed by atoms with van der Waals surface area (Å²) in [6, 6.07) is 19.6. The van der Waals surface area contributed by atoms with Gasteiger partial charge < -0.3 is 31.7 Å². The number of likely N-dealkylation sites (tertiary alicyclic amines) is 1. The number of hydrogen-bond donors (Lipinski definition) is 5. The van der Waals surface area contributed by atoms with Gasteiger partial charge in [0.05, 0.1) is 28.8 Å². The summed E-state index contributed by atoms with van der Waals surface area (Å²) in [6.07, 6.45) is 4.31. The molecule has 0 radical (unpaired) electrons. The van der Waals surface area contributed by atoms with Crippen LogP contribution in [0.3, 0.4) is 0 Å². The summed E-state index contributed by atoms with van der Waals surface area (Å²) in [5, 5.41) is 18.9. The standard InChI is InChI=1S/C32H34FN7O2/c33-25-7-2-1-6-24(25)32(42)36-23-8-9-26-27(17-23)39-31(38-26)29-30(34)35-18-28(37-29)22-5-3-4-20(16-22)10-13-40-14-11-21(19-41)12-15-40/h1-9,16-18,21,31,38-39,41H,10-15,19H2,(H2,34,35)(H,36,42). The topological polar surface area (TPSA) is 128 Å². The van der Waals surface area contributed by atoms with Crippen LogP contribution >= 0.6 is 0 Å². The lowest BCUT2D eigenvalue weighted by molar-refractivity contribution is 0.102. The molecule has 1 unspecified atom stereocenters. The Labute approximate surface area is 244 Å². The van der Waals surface area contributed by atoms with Crippen molar-refractivity contribution in [3.05, 3.63) is 95.6 Å². The van der Waals surface area contributed by atoms with Crippen molar-refractivity contribution in [2.24, 2.45) is 5.92 Å². The Bertz CT molecular complexity index is 1590. The third-order valence-corrected chi connectivity index (χ3v) is 8.00. The highest BCUT2D eigenvalue weighted by molar-refractivity contribution is 6.05. The maximum absolute atomic E-state index is 14.0. The molecule has 42 heavy (non-hydrogen) atoms. The Morgan fingerprint density at radius 3 is 2.67 bits per heavy atom. The first-order valence-corrected chi connectivity index (χ1v) is 14.2. The highest BCUT2D eigenvalue weighted by atomic mass is 19.1. The van der Waals surface area contributed by atoms with Crippen LogP contribution in [0.1, 0.15) is 40.6 Å². The number of hydrogen-bond acceptors (Lipinski definition) is 8. The van der Waals surface area contributed by atoms with Gasteiger partial charge in [-0.15, -0.1) is 0 Å². The summed E-state index contributed by atoms with van der Waals surface area (Å²) < 4.78 is 14.0. The Balaban J connectivity index is 1.13. The number of anilines is 4. The van der Waals surface area contributed by atoms with E-state index in [2.05, 4.69) is 38.0 Å². The number of rotatable bonds is 8. The molecule has 4 aromatic rings. The van der Waals surface area contributed by atoms with Crippen LogP contribution in [-0.4, -0.2) is 52.1 Å². The van der Waals surface area contributed by atoms with Crippen LogP contribution in [0.2, 0.25) is 0 Å². The first-order valence-electron chi connectivity index (χ1n) is 14.2. The zero-order chi connectivity index (χ0) is 29.1. The van der Waals surface area contributed by atoms with Gasteiger partial charge >= 0.3 is 0 Å². The fourth-order valence-corrected chi connectivity index (χ4v) is 5.53. The van der Waals surface area contributed by atoms with E-state index in [4.69, 9.17) is 10.7 Å². The summed E-state index contributed by atoms with van der Waals surface area (Å²) in [5.74, 6) is -0.346. The van der Waals surface area contributed by atoms with Crippen LogP contribution in [-0.2, 0) is 6.42 Å². The molecule has 1 saturated heterocycles. The van der Waals surface area contributed by atoms with Crippen LogP contribution in [0, 0.1) is 11.7 Å². The van der Waals surface area contributed by atoms with Gasteiger partial charge in [-0.05, 0) is 80.2 Å². The second-order valence-corrected chi connectivity index (χ2v) is 10.9. The summed E-state index contributed by atoms with van der Waals surface area (Å²) >= 11 is 0. The number of nitrogens with zero attached hydrogens (tertiary/aromatic N) is 3. The lowest BCUT2D eigenvalue weighted by Crippen LogP contribution is -2.36. The Morgan fingerprint density at radius 2 is 1.86 bits per heavy atom. The van der Waals surface area contributed by atoms with Crippen molar-refractivity contribution in [1.82, 2.24) is 14.9 Å². The van der Waals surface area contributed by atoms with Gasteiger partial charge in [-0.2, -0.15) is 0 Å². The van der Waals surface area contributed by atoms with Crippen molar-refractivity contribution in [3.8, 4) is 11.3 Å². The van der Waals surface area contributed by atoms with Crippen LogP contribution in [0.25, 0.3) is 11.3 Å². The highest BCUT2D eigenvalue weighted by Crippen LogP contribution is 2.38. The molecule has 216 valence electrons. The molecule has 1 atom stereocenters. The zero-order valence-electron chi connectivity index (χ0n) is 23.2. The molecule has 0 bridgehead atoms. The molecule has 10 heteroatoms. The molecule has 9 nitrogen and oxygen atoms in total. The maximum Gasteiger partial charge on any atom is 0.258 e. The molecule has 0 saturated carbocycles. The molecule has 1 amide bonds. The number of carbonyl (C=O) groups is 1. The summed E-state index contributed by atoms with van der Waals surface area (Å²) in [7, 11) is 0. The molecule has 6 N–H and O–H groups in total. The Kier molecular flexibility index (Phi) is 7.98. The minimum atomic E-state index is -0.575. The minimum absolute atomic E-state index is 0.0198. The third kappa shape index (κ3) is 6.05. The predicted octanol–water partition coefficient (Wildman–Crippen LogP) is 4.90. The van der Waals surface area contributed by atoms with E-state index in [1.807, 2.05) is 18.2 Å². The second kappa shape index (κ2) is 12.1. The number of aliphatic hydroxyl groups excluding tert-OH is 1. The molecule has 3 heterocycles. The number of nitrogen functional groups attached to an aromatic ring is 1. The monoisotopic (exact) mass is 567 g/mol. The first-order chi connectivity index (χ1) is 20.5. The van der Waals surface area contributed by atoms with Crippen molar-refractivity contribution in [2.45, 2.75) is 25.4 Å². The number of halogens is 1. The van der Waals surface area contributed by atoms with E-state index in [0.29, 0.717) is 23.1 Å². The van der Waals surface area contributed by atoms with E-state index in [-0.39, 0.29) is 12.2 Å². The number of nitrogens with two attached hydrogens (primary N) is 1. The van der Waals surface area contributed by atoms with E-state index < -0.39 is 17.9 Å². The van der Waals surface area contributed by atoms with E-state index in [1.54, 1.807) is 30.5 Å². The third-order valence-electron chi connectivity index (χ3n) is 8.00. The number of carbonyl (C=O) groups excluding carboxylic acids is 1. The Morgan fingerprint density at radius 1 is 1.05 bits per heavy atom. The zero-order valence-corrected chi connectivity index (χ0v) is 23.2. The number of aromatic nitrogens is 2. The van der Waals surface area contributed by atoms with E-state index in [9.17, 15) is 14.3 Å². The van der Waals surface area contributed by atoms with Gasteiger partial charge in [0, 0.05) is 24.4 Å². The van der Waals surface area contributed by atoms with E-state index >= 15 is 0 Å². The molecule has 1 fully saturated rings. The number of amides is 1. The molecule has 1 aromatic heterocycles. The number of aliphatic hydroxyl groups is 1. The van der Waals surface area contributed by atoms with Crippen LogP contribution in [0.15, 0.2) is 72.9 Å². The second-order valence-electron chi connectivity index (χ2n) is 10.9. The first kappa shape index (κ1) is 27.6. The van der Waals surface area contributed by atoms with Gasteiger partial charge in [-0.25, -0.2) is 14.4 Å². The van der Waals surface area contributed by atoms with Gasteiger partial charge in [0.1, 0.15) is 23.5 Å². The SMILES string of the molecule is Nc1ncc(-c2cccc(CCN3CCC(CO)CC3)c2)nc1C1Nc2ccc(NC(=O)c3ccccc3F)cc2N1. The van der Waals surface area contributed by atoms with Gasteiger partial charge in [-0.3, -0.25) is 4.79 Å². The van der Waals surface area contributed by atoms with E-state index in [1.165, 1.54) is 17.7 Å². The summed E-state index contributed by atoms with van der Waals surface area (Å²) in [6.45, 7) is 3.33. The smallest absolute Gasteiger partial charge is 0.258 e. The Hall–Kier alpha value is -4.54. The van der Waals surface area contributed by atoms with Gasteiger partial charge in [0.15, 0.2) is 0 Å². The molecular weight excluding hydrogens is 533 g/mol. The van der Waals surface area contributed by atoms with Gasteiger partial charge in [0.25, 0.3) is 5.91 Å². The quantitative estimate of drug-likeness (QED) is 0.203. The fourth-order valence-electron chi connectivity index (χ4n) is 5.53. The molecule has 0 aliphatic carbocycles. The average Bonchev–Trinajstić information content (AvgIpc) is 3.44. The van der Waals surface area contributed by atoms with Crippen molar-refractivity contribution in [2.75, 3.05) is 47.9 Å². The largest absolute Gasteiger partial charge is 0.396 e. The fraction of sp³-hybridized carbons (Fsp3) is 0.281.